The van der Waals surface area contributed by atoms with Crippen molar-refractivity contribution in [3.63, 3.8) is 0 Å². The molecule has 0 radical (unpaired) electrons. The smallest absolute Gasteiger partial charge is 0.393 e. The average molecular weight is 1280 g/mol. The number of nitrogens with zero attached hydrogens (tertiary/aromatic N) is 9. The van der Waals surface area contributed by atoms with Crippen LogP contribution in [0.3, 0.4) is 0 Å². The molecule has 25 heteroatoms. The van der Waals surface area contributed by atoms with Crippen LogP contribution in [0, 0.1) is 22.7 Å². The first-order chi connectivity index (χ1) is 39.9. The van der Waals surface area contributed by atoms with Gasteiger partial charge in [0.25, 0.3) is 0 Å². The van der Waals surface area contributed by atoms with Gasteiger partial charge in [-0.15, -0.1) is 22.7 Å². The summed E-state index contributed by atoms with van der Waals surface area (Å²) in [5.41, 5.74) is 5.42. The molecule has 0 amide bonds. The predicted octanol–water partition coefficient (Wildman–Crippen LogP) is 13.2. The van der Waals surface area contributed by atoms with Crippen LogP contribution in [-0.2, 0) is 42.2 Å². The Bertz CT molecular complexity index is 3590. The molecule has 2 atom stereocenters. The van der Waals surface area contributed by atoms with Gasteiger partial charge in [0.1, 0.15) is 57.5 Å². The molecule has 0 aliphatic carbocycles. The Kier molecular flexibility index (Phi) is 21.2. The first kappa shape index (κ1) is 64.3. The van der Waals surface area contributed by atoms with Crippen molar-refractivity contribution < 1.29 is 41.0 Å². The molecule has 15 nitrogen and oxygen atoms in total. The lowest BCUT2D eigenvalue weighted by Gasteiger charge is -2.39. The van der Waals surface area contributed by atoms with E-state index >= 15 is 0 Å². The molecule has 450 valence electrons. The van der Waals surface area contributed by atoms with Crippen molar-refractivity contribution >= 4 is 101 Å². The van der Waals surface area contributed by atoms with E-state index in [9.17, 15) is 47.1 Å². The van der Waals surface area contributed by atoms with E-state index in [2.05, 4.69) is 138 Å². The van der Waals surface area contributed by atoms with Crippen LogP contribution in [0.4, 0.5) is 38.0 Å². The second kappa shape index (κ2) is 27.7. The third kappa shape index (κ3) is 16.8. The van der Waals surface area contributed by atoms with Gasteiger partial charge in [-0.3, -0.25) is 4.90 Å². The minimum absolute atomic E-state index is 0.124. The Hall–Kier alpha value is -5.74. The fourth-order valence-corrected chi connectivity index (χ4v) is 14.0. The molecular formula is C59H71BrF6N12O3S2Si. The summed E-state index contributed by atoms with van der Waals surface area (Å²) < 4.78 is 86.4. The minimum atomic E-state index is -4.26. The highest BCUT2D eigenvalue weighted by molar-refractivity contribution is 9.08. The molecule has 8 heterocycles. The molecule has 6 aromatic heterocycles. The zero-order valence-corrected chi connectivity index (χ0v) is 52.1. The molecule has 84 heavy (non-hydrogen) atoms. The number of thiophene rings is 2. The summed E-state index contributed by atoms with van der Waals surface area (Å²) in [6.45, 7) is 18.4. The first-order valence-corrected chi connectivity index (χ1v) is 33.7. The number of hydrogen-bond acceptors (Lipinski definition) is 15. The molecule has 0 saturated carbocycles. The van der Waals surface area contributed by atoms with Gasteiger partial charge >= 0.3 is 12.4 Å². The van der Waals surface area contributed by atoms with Gasteiger partial charge < -0.3 is 39.7 Å². The molecule has 2 aliphatic rings. The van der Waals surface area contributed by atoms with E-state index in [1.807, 2.05) is 18.2 Å². The molecule has 8 aromatic rings. The van der Waals surface area contributed by atoms with Gasteiger partial charge in [-0.05, 0) is 123 Å². The van der Waals surface area contributed by atoms with E-state index in [0.29, 0.717) is 49.5 Å². The van der Waals surface area contributed by atoms with E-state index in [1.54, 1.807) is 16.7 Å². The number of aliphatic hydroxyl groups is 2. The summed E-state index contributed by atoms with van der Waals surface area (Å²) in [5, 5.41) is 52.5. The number of fused-ring (bicyclic) bond motifs is 4. The van der Waals surface area contributed by atoms with Crippen LogP contribution in [0.15, 0.2) is 73.3 Å². The number of nitriles is 2. The lowest BCUT2D eigenvalue weighted by atomic mass is 10.0. The van der Waals surface area contributed by atoms with Crippen LogP contribution >= 0.6 is 38.6 Å². The van der Waals surface area contributed by atoms with E-state index in [1.165, 1.54) is 24.3 Å². The van der Waals surface area contributed by atoms with Crippen LogP contribution in [-0.4, -0.2) is 122 Å². The van der Waals surface area contributed by atoms with Crippen molar-refractivity contribution in [3.8, 4) is 12.1 Å². The molecule has 5 N–H and O–H groups in total. The minimum Gasteiger partial charge on any atom is -0.412 e. The highest BCUT2D eigenvalue weighted by Crippen LogP contribution is 2.39. The summed E-state index contributed by atoms with van der Waals surface area (Å²) in [6.07, 6.45) is -3.74. The number of alkyl halides is 7. The number of likely N-dealkylation sites (tertiary alicyclic amines) is 1. The number of benzene rings is 2. The van der Waals surface area contributed by atoms with Gasteiger partial charge in [0.2, 0.25) is 0 Å². The van der Waals surface area contributed by atoms with Crippen LogP contribution in [0.1, 0.15) is 92.1 Å². The van der Waals surface area contributed by atoms with Crippen LogP contribution in [0.2, 0.25) is 18.1 Å². The SMILES string of the molecule is CC[C@H](Cn1c(C#N)cc2cc(CBr)ccc21)O[Si](C)(C)C(C)(C)C.FC(F)(F)Cc1cc2c(NC3CCNCC3)ncnc2s1.N#Cc1cc2cc(CN3CCC(Nc4ncnc5sc(CC(F)(F)F)cc45)CC3)ccc2n1C[C@H](O)CO. The molecule has 10 rings (SSSR count). The number of hydrogen-bond donors (Lipinski definition) is 5. The second-order valence-corrected chi connectivity index (χ2v) is 30.5. The lowest BCUT2D eigenvalue weighted by molar-refractivity contribution is -0.127. The molecule has 0 unspecified atom stereocenters. The standard InChI is InChI=1S/C26H27F3N6O2S.C20H29BrN2OSi.C13H15F3N4S/c27-26(28,29)10-21-9-22-24(31-15-32-25(22)38-21)33-18-3-5-34(6-4-18)12-16-1-2-23-17(7-16)8-19(11-30)35(23)13-20(37)14-36;1-7-18(24-25(5,6)20(2,3)4)14-23-17(13-22)11-16-10-15(12-21)8-9-19(16)23;14-13(15,16)6-9-5-10-11(18-7-19-12(10)21-9)20-8-1-3-17-4-2-8/h1-2,7-9,15,18,20,36-37H,3-6,10,12-14H2,(H,31,32,33);8-11,18H,7,12,14H2,1-6H3;5,7-8,17H,1-4,6H2,(H,18,19,20)/t20-;18-;/m01./s1. The maximum atomic E-state index is 12.8. The molecule has 0 spiro atoms. The molecular weight excluding hydrogens is 1210 g/mol. The topological polar surface area (TPSA) is 198 Å². The summed E-state index contributed by atoms with van der Waals surface area (Å²) in [7, 11) is -1.83. The zero-order chi connectivity index (χ0) is 60.6. The Morgan fingerprint density at radius 2 is 1.23 bits per heavy atom. The number of aromatic nitrogens is 6. The summed E-state index contributed by atoms with van der Waals surface area (Å²) in [5.74, 6) is 1.21. The largest absolute Gasteiger partial charge is 0.412 e. The summed E-state index contributed by atoms with van der Waals surface area (Å²) >= 11 is 5.63. The van der Waals surface area contributed by atoms with Gasteiger partial charge in [0.05, 0.1) is 49.0 Å². The maximum Gasteiger partial charge on any atom is 0.393 e. The maximum absolute atomic E-state index is 12.8. The molecule has 2 aliphatic heterocycles. The first-order valence-electron chi connectivity index (χ1n) is 28.0. The molecule has 2 aromatic carbocycles. The lowest BCUT2D eigenvalue weighted by Crippen LogP contribution is -2.44. The second-order valence-electron chi connectivity index (χ2n) is 22.9. The van der Waals surface area contributed by atoms with Gasteiger partial charge in [0.15, 0.2) is 8.32 Å². The number of anilines is 2. The summed E-state index contributed by atoms with van der Waals surface area (Å²) in [4.78, 5) is 20.7. The highest BCUT2D eigenvalue weighted by atomic mass is 79.9. The highest BCUT2D eigenvalue weighted by Gasteiger charge is 2.39. The Morgan fingerprint density at radius 1 is 0.738 bits per heavy atom. The fourth-order valence-electron chi connectivity index (χ4n) is 10.2. The van der Waals surface area contributed by atoms with Gasteiger partial charge in [0, 0.05) is 75.2 Å². The monoisotopic (exact) mass is 1280 g/mol. The number of piperidine rings is 2. The third-order valence-electron chi connectivity index (χ3n) is 15.6. The van der Waals surface area contributed by atoms with Gasteiger partial charge in [-0.1, -0.05) is 55.8 Å². The van der Waals surface area contributed by atoms with Crippen LogP contribution < -0.4 is 16.0 Å². The molecule has 2 fully saturated rings. The van der Waals surface area contributed by atoms with Crippen molar-refractivity contribution in [1.82, 2.24) is 39.3 Å². The molecule has 2 saturated heterocycles. The van der Waals surface area contributed by atoms with Gasteiger partial charge in [-0.2, -0.15) is 36.9 Å². The van der Waals surface area contributed by atoms with Crippen LogP contribution in [0.5, 0.6) is 0 Å². The van der Waals surface area contributed by atoms with Crippen molar-refractivity contribution in [2.24, 2.45) is 0 Å². The number of aliphatic hydroxyl groups excluding tert-OH is 2. The van der Waals surface area contributed by atoms with Crippen molar-refractivity contribution in [3.05, 3.63) is 106 Å². The van der Waals surface area contributed by atoms with Gasteiger partial charge in [-0.25, -0.2) is 19.9 Å². The Balaban J connectivity index is 0.000000174. The quantitative estimate of drug-likeness (QED) is 0.0328. The van der Waals surface area contributed by atoms with Crippen LogP contribution in [0.25, 0.3) is 42.2 Å². The third-order valence-corrected chi connectivity index (χ3v) is 22.8. The molecule has 0 bridgehead atoms. The number of rotatable bonds is 17. The zero-order valence-electron chi connectivity index (χ0n) is 47.8. The normalized spacial score (nSPS) is 15.8. The van der Waals surface area contributed by atoms with Crippen molar-refractivity contribution in [1.29, 1.82) is 10.5 Å². The van der Waals surface area contributed by atoms with E-state index < -0.39 is 39.6 Å². The van der Waals surface area contributed by atoms with E-state index in [0.717, 1.165) is 127 Å². The van der Waals surface area contributed by atoms with Crippen molar-refractivity contribution in [2.75, 3.05) is 43.4 Å². The predicted molar refractivity (Wildman–Crippen MR) is 327 cm³/mol. The Labute approximate surface area is 502 Å². The number of nitrogens with one attached hydrogen (secondary N) is 3. The summed E-state index contributed by atoms with van der Waals surface area (Å²) in [6, 6.07) is 24.2. The van der Waals surface area contributed by atoms with Crippen molar-refractivity contribution in [2.45, 2.75) is 152 Å². The Morgan fingerprint density at radius 3 is 1.69 bits per heavy atom. The fraction of sp³-hybridized carbons (Fsp3) is 0.492. The van der Waals surface area contributed by atoms with E-state index in [-0.39, 0.29) is 40.1 Å². The number of halogens is 7. The van der Waals surface area contributed by atoms with E-state index in [4.69, 9.17) is 4.43 Å². The average Bonchev–Trinajstić information content (AvgIpc) is 3.25.